The third-order valence-electron chi connectivity index (χ3n) is 8.37. The van der Waals surface area contributed by atoms with Gasteiger partial charge in [0.05, 0.1) is 45.7 Å². The summed E-state index contributed by atoms with van der Waals surface area (Å²) >= 11 is 0. The molecule has 0 unspecified atom stereocenters. The predicted molar refractivity (Wildman–Crippen MR) is 201 cm³/mol. The van der Waals surface area contributed by atoms with Gasteiger partial charge >= 0.3 is 5.97 Å². The molecule has 60 heavy (non-hydrogen) atoms. The number of aliphatic carboxylic acids is 1. The number of nitrogens with two attached hydrogens (primary N) is 1. The summed E-state index contributed by atoms with van der Waals surface area (Å²) in [7, 11) is 0. The van der Waals surface area contributed by atoms with Gasteiger partial charge in [0.2, 0.25) is 47.3 Å². The lowest BCUT2D eigenvalue weighted by Gasteiger charge is -2.26. The van der Waals surface area contributed by atoms with Gasteiger partial charge in [0.25, 0.3) is 0 Å². The molecule has 18 N–H and O–H groups in total. The lowest BCUT2D eigenvalue weighted by molar-refractivity contribution is -0.143. The van der Waals surface area contributed by atoms with Crippen LogP contribution in [0.3, 0.4) is 0 Å². The van der Waals surface area contributed by atoms with E-state index >= 15 is 0 Å². The fourth-order valence-corrected chi connectivity index (χ4v) is 4.74. The van der Waals surface area contributed by atoms with Crippen LogP contribution in [0.15, 0.2) is 30.3 Å². The summed E-state index contributed by atoms with van der Waals surface area (Å²) in [6, 6.07) is -7.20. The van der Waals surface area contributed by atoms with E-state index in [2.05, 4.69) is 31.9 Å². The molecule has 26 nitrogen and oxygen atoms in total. The van der Waals surface area contributed by atoms with Crippen LogP contribution >= 0.6 is 0 Å². The number of carbonyl (C=O) groups is 9. The molecule has 0 aliphatic rings. The molecule has 0 heterocycles. The van der Waals surface area contributed by atoms with Gasteiger partial charge < -0.3 is 89.1 Å². The van der Waals surface area contributed by atoms with E-state index in [0.717, 1.165) is 6.92 Å². The molecule has 10 atom stereocenters. The minimum absolute atomic E-state index is 0.254. The Kier molecular flexibility index (Phi) is 22.8. The number of nitrogens with one attached hydrogen (secondary N) is 8. The molecule has 0 spiro atoms. The number of hydrogen-bond donors (Lipinski definition) is 17. The first-order valence-electron chi connectivity index (χ1n) is 18.1. The van der Waals surface area contributed by atoms with Crippen molar-refractivity contribution < 1.29 is 84.0 Å². The molecular formula is C34H53N9O17. The molecule has 0 radical (unpaired) electrons. The lowest BCUT2D eigenvalue weighted by Crippen LogP contribution is -2.62. The number of aliphatic hydroxyl groups excluding tert-OH is 7. The number of aliphatic hydroxyl groups is 7. The van der Waals surface area contributed by atoms with Gasteiger partial charge in [-0.3, -0.25) is 38.4 Å². The van der Waals surface area contributed by atoms with Crippen LogP contribution in [-0.4, -0.2) is 194 Å². The summed E-state index contributed by atoms with van der Waals surface area (Å²) in [4.78, 5) is 114. The van der Waals surface area contributed by atoms with Crippen molar-refractivity contribution in [2.45, 2.75) is 80.7 Å². The van der Waals surface area contributed by atoms with Gasteiger partial charge in [-0.1, -0.05) is 30.3 Å². The summed E-state index contributed by atoms with van der Waals surface area (Å²) in [5, 5.41) is 93.3. The van der Waals surface area contributed by atoms with Crippen molar-refractivity contribution in [3.05, 3.63) is 35.9 Å². The molecule has 0 aromatic heterocycles. The summed E-state index contributed by atoms with van der Waals surface area (Å²) in [5.74, 6) is -10.8. The molecule has 26 heteroatoms. The third-order valence-corrected chi connectivity index (χ3v) is 8.37. The van der Waals surface area contributed by atoms with Crippen LogP contribution in [0.2, 0.25) is 0 Å². The van der Waals surface area contributed by atoms with Crippen LogP contribution in [0.25, 0.3) is 0 Å². The summed E-state index contributed by atoms with van der Waals surface area (Å²) < 4.78 is 0. The second-order valence-corrected chi connectivity index (χ2v) is 13.0. The maximum absolute atomic E-state index is 13.3. The van der Waals surface area contributed by atoms with E-state index in [0.29, 0.717) is 5.56 Å². The Morgan fingerprint density at radius 2 is 0.767 bits per heavy atom. The molecule has 0 aliphatic heterocycles. The van der Waals surface area contributed by atoms with E-state index in [1.807, 2.05) is 10.6 Å². The fourth-order valence-electron chi connectivity index (χ4n) is 4.74. The molecule has 1 aromatic rings. The molecule has 0 aliphatic carbocycles. The second kappa shape index (κ2) is 26.3. The van der Waals surface area contributed by atoms with Crippen LogP contribution in [0.4, 0.5) is 0 Å². The highest BCUT2D eigenvalue weighted by Crippen LogP contribution is 2.05. The topological polar surface area (TPSA) is 438 Å². The number of amides is 8. The predicted octanol–water partition coefficient (Wildman–Crippen LogP) is -10.1. The Morgan fingerprint density at radius 3 is 1.12 bits per heavy atom. The molecule has 1 rings (SSSR count). The highest BCUT2D eigenvalue weighted by atomic mass is 16.4. The molecular weight excluding hydrogens is 806 g/mol. The van der Waals surface area contributed by atoms with Crippen LogP contribution in [0.5, 0.6) is 0 Å². The Hall–Kier alpha value is -5.87. The smallest absolute Gasteiger partial charge is 0.328 e. The molecule has 0 bridgehead atoms. The average molecular weight is 860 g/mol. The summed E-state index contributed by atoms with van der Waals surface area (Å²) in [6.07, 6.45) is -1.57. The highest BCUT2D eigenvalue weighted by molar-refractivity contribution is 5.98. The number of carboxylic acid groups (broad SMARTS) is 1. The normalized spacial score (nSPS) is 16.0. The molecule has 336 valence electrons. The Balaban J connectivity index is 3.02. The second-order valence-electron chi connectivity index (χ2n) is 13.0. The third kappa shape index (κ3) is 16.8. The average Bonchev–Trinajstić information content (AvgIpc) is 3.22. The lowest BCUT2D eigenvalue weighted by atomic mass is 10.0. The van der Waals surface area contributed by atoms with Crippen molar-refractivity contribution in [1.82, 2.24) is 42.5 Å². The van der Waals surface area contributed by atoms with Gasteiger partial charge in [-0.25, -0.2) is 4.79 Å². The van der Waals surface area contributed by atoms with Crippen LogP contribution in [0.1, 0.15) is 19.4 Å². The summed E-state index contributed by atoms with van der Waals surface area (Å²) in [6.45, 7) is -3.97. The van der Waals surface area contributed by atoms with Gasteiger partial charge in [-0.2, -0.15) is 0 Å². The van der Waals surface area contributed by atoms with Crippen molar-refractivity contribution in [2.75, 3.05) is 39.6 Å². The number of carbonyl (C=O) groups excluding carboxylic acids is 8. The number of rotatable bonds is 26. The van der Waals surface area contributed by atoms with E-state index in [-0.39, 0.29) is 6.42 Å². The van der Waals surface area contributed by atoms with Crippen LogP contribution < -0.4 is 48.3 Å². The van der Waals surface area contributed by atoms with E-state index in [1.54, 1.807) is 30.3 Å². The highest BCUT2D eigenvalue weighted by Gasteiger charge is 2.34. The Bertz CT molecular complexity index is 1640. The molecule has 1 aromatic carbocycles. The molecule has 8 amide bonds. The monoisotopic (exact) mass is 859 g/mol. The number of carboxylic acids is 1. The minimum atomic E-state index is -1.84. The van der Waals surface area contributed by atoms with E-state index in [9.17, 15) is 78.9 Å². The maximum atomic E-state index is 13.3. The van der Waals surface area contributed by atoms with E-state index < -0.39 is 153 Å². The number of hydrogen-bond acceptors (Lipinski definition) is 17. The zero-order valence-electron chi connectivity index (χ0n) is 32.4. The van der Waals surface area contributed by atoms with Crippen molar-refractivity contribution in [3.8, 4) is 0 Å². The first-order chi connectivity index (χ1) is 28.3. The van der Waals surface area contributed by atoms with E-state index in [1.165, 1.54) is 6.92 Å². The van der Waals surface area contributed by atoms with Crippen molar-refractivity contribution in [3.63, 3.8) is 0 Å². The quantitative estimate of drug-likeness (QED) is 0.0411. The molecule has 0 fully saturated rings. The molecule has 0 saturated carbocycles. The Morgan fingerprint density at radius 1 is 0.467 bits per heavy atom. The largest absolute Gasteiger partial charge is 0.480 e. The van der Waals surface area contributed by atoms with Crippen molar-refractivity contribution >= 4 is 53.2 Å². The van der Waals surface area contributed by atoms with Gasteiger partial charge in [0, 0.05) is 6.42 Å². The van der Waals surface area contributed by atoms with E-state index in [4.69, 9.17) is 10.8 Å². The first kappa shape index (κ1) is 52.1. The van der Waals surface area contributed by atoms with Gasteiger partial charge in [0.15, 0.2) is 0 Å². The first-order valence-corrected chi connectivity index (χ1v) is 18.1. The van der Waals surface area contributed by atoms with Crippen molar-refractivity contribution in [2.24, 2.45) is 5.73 Å². The summed E-state index contributed by atoms with van der Waals surface area (Å²) in [5.41, 5.74) is 5.96. The number of benzene rings is 1. The van der Waals surface area contributed by atoms with Gasteiger partial charge in [-0.05, 0) is 19.4 Å². The van der Waals surface area contributed by atoms with Gasteiger partial charge in [0.1, 0.15) is 54.4 Å². The van der Waals surface area contributed by atoms with Gasteiger partial charge in [-0.15, -0.1) is 0 Å². The van der Waals surface area contributed by atoms with Crippen molar-refractivity contribution in [1.29, 1.82) is 0 Å². The maximum Gasteiger partial charge on any atom is 0.328 e. The van der Waals surface area contributed by atoms with Crippen LogP contribution in [-0.2, 0) is 49.6 Å². The Labute approximate surface area is 341 Å². The zero-order valence-corrected chi connectivity index (χ0v) is 32.4. The fraction of sp³-hybridized carbons (Fsp3) is 0.559. The minimum Gasteiger partial charge on any atom is -0.480 e. The SMILES string of the molecule is C[C@H](NC(=O)[C@H](CO)NC(=O)[C@H](CO)NC(=O)[C@@H](N)[C@@H](C)O)C(=O)N[C@@H](CO)C(=O)N[C@@H](CO)C(=O)N[C@@H](Cc1ccccc1)C(=O)N[C@@H](CO)C(=O)N[C@@H](CO)C(=O)O. The van der Waals surface area contributed by atoms with Crippen LogP contribution in [0, 0.1) is 0 Å². The zero-order chi connectivity index (χ0) is 45.7. The standard InChI is InChI=1S/C34H53N9O17/c1-15(36-28(53)19(9-44)40-31(56)23(13-48)42-33(58)25(35)16(2)50)26(51)38-20(10-45)30(55)41-21(11-46)29(54)37-18(8-17-6-4-3-5-7-17)27(52)39-22(12-47)32(57)43-24(14-49)34(59)60/h3-7,15-16,18-25,44-50H,8-14,35H2,1-2H3,(H,36,53)(H,37,54)(H,38,51)(H,39,52)(H,40,56)(H,41,55)(H,42,58)(H,43,57)(H,59,60)/t15-,16+,18-,19-,20-,21-,22-,23-,24-,25-/m0/s1. The molecule has 0 saturated heterocycles.